The molecule has 2 N–H and O–H groups in total. The fourth-order valence-electron chi connectivity index (χ4n) is 3.09. The van der Waals surface area contributed by atoms with Gasteiger partial charge in [-0.2, -0.15) is 5.10 Å². The Morgan fingerprint density at radius 2 is 2.03 bits per heavy atom. The molecule has 162 valence electrons. The summed E-state index contributed by atoms with van der Waals surface area (Å²) in [6, 6.07) is 1.51. The lowest BCUT2D eigenvalue weighted by atomic mass is 10.2. The summed E-state index contributed by atoms with van der Waals surface area (Å²) in [5, 5.41) is 11.1. The van der Waals surface area contributed by atoms with Gasteiger partial charge in [0, 0.05) is 25.5 Å². The van der Waals surface area contributed by atoms with Crippen molar-refractivity contribution in [1.82, 2.24) is 19.9 Å². The fraction of sp³-hybridized carbons (Fsp3) is 0.316. The number of anilines is 2. The zero-order valence-corrected chi connectivity index (χ0v) is 17.5. The number of imide groups is 1. The van der Waals surface area contributed by atoms with Gasteiger partial charge in [-0.05, 0) is 18.4 Å². The van der Waals surface area contributed by atoms with Gasteiger partial charge in [-0.25, -0.2) is 14.3 Å². The first kappa shape index (κ1) is 20.8. The summed E-state index contributed by atoms with van der Waals surface area (Å²) in [6.07, 6.45) is 3.91. The summed E-state index contributed by atoms with van der Waals surface area (Å²) in [4.78, 5) is 43.0. The number of amides is 3. The second-order valence-electron chi connectivity index (χ2n) is 6.53. The van der Waals surface area contributed by atoms with Gasteiger partial charge in [0.25, 0.3) is 11.8 Å². The molecule has 0 atom stereocenters. The Labute approximate surface area is 181 Å². The van der Waals surface area contributed by atoms with E-state index in [4.69, 9.17) is 9.47 Å². The molecule has 0 spiro atoms. The highest BCUT2D eigenvalue weighted by Crippen LogP contribution is 2.25. The molecule has 4 heterocycles. The number of ether oxygens (including phenoxy) is 2. The van der Waals surface area contributed by atoms with Crippen LogP contribution in [0.2, 0.25) is 0 Å². The van der Waals surface area contributed by atoms with Gasteiger partial charge in [0.15, 0.2) is 5.65 Å². The van der Waals surface area contributed by atoms with Crippen molar-refractivity contribution in [2.75, 3.05) is 43.1 Å². The molecule has 0 bridgehead atoms. The van der Waals surface area contributed by atoms with Gasteiger partial charge < -0.3 is 19.7 Å². The van der Waals surface area contributed by atoms with E-state index >= 15 is 0 Å². The van der Waals surface area contributed by atoms with Crippen molar-refractivity contribution in [2.24, 2.45) is 0 Å². The Balaban J connectivity index is 1.49. The van der Waals surface area contributed by atoms with Crippen LogP contribution in [0.1, 0.15) is 27.6 Å². The van der Waals surface area contributed by atoms with Crippen molar-refractivity contribution in [3.8, 4) is 0 Å². The van der Waals surface area contributed by atoms with E-state index in [0.29, 0.717) is 23.9 Å². The van der Waals surface area contributed by atoms with Gasteiger partial charge in [-0.3, -0.25) is 14.9 Å². The van der Waals surface area contributed by atoms with Gasteiger partial charge in [-0.1, -0.05) is 0 Å². The Hall–Kier alpha value is -3.51. The predicted octanol–water partition coefficient (Wildman–Crippen LogP) is 1.77. The standard InChI is InChI=1S/C19H20N6O5S/c1-2-30-19(28)23-17(27)13-3-8-31-18(13)22-16(26)12-9-20-15-14(10-21-25(15)11-12)24-4-6-29-7-5-24/h3,8-11H,2,4-7H2,1H3,(H,22,26)(H,23,27,28). The summed E-state index contributed by atoms with van der Waals surface area (Å²) in [5.74, 6) is -1.11. The third-order valence-electron chi connectivity index (χ3n) is 4.58. The zero-order chi connectivity index (χ0) is 21.8. The maximum atomic E-state index is 12.7. The van der Waals surface area contributed by atoms with E-state index in [1.54, 1.807) is 29.2 Å². The highest BCUT2D eigenvalue weighted by molar-refractivity contribution is 7.14. The summed E-state index contributed by atoms with van der Waals surface area (Å²) in [6.45, 7) is 4.56. The molecule has 0 aliphatic carbocycles. The Morgan fingerprint density at radius 1 is 1.23 bits per heavy atom. The van der Waals surface area contributed by atoms with Gasteiger partial charge in [0.2, 0.25) is 0 Å². The molecule has 1 saturated heterocycles. The van der Waals surface area contributed by atoms with E-state index in [9.17, 15) is 14.4 Å². The number of fused-ring (bicyclic) bond motifs is 1. The molecule has 11 nitrogen and oxygen atoms in total. The van der Waals surface area contributed by atoms with Gasteiger partial charge in [0.1, 0.15) is 10.7 Å². The normalized spacial score (nSPS) is 13.8. The molecule has 3 amide bonds. The van der Waals surface area contributed by atoms with Crippen LogP contribution in [0.4, 0.5) is 15.5 Å². The first-order chi connectivity index (χ1) is 15.1. The van der Waals surface area contributed by atoms with Crippen molar-refractivity contribution in [3.05, 3.63) is 41.2 Å². The van der Waals surface area contributed by atoms with Crippen LogP contribution in [-0.4, -0.2) is 65.4 Å². The van der Waals surface area contributed by atoms with E-state index in [2.05, 4.69) is 25.6 Å². The SMILES string of the molecule is CCOC(=O)NC(=O)c1ccsc1NC(=O)c1cnc2c(N3CCOCC3)cnn2c1. The largest absolute Gasteiger partial charge is 0.450 e. The lowest BCUT2D eigenvalue weighted by Gasteiger charge is -2.27. The third kappa shape index (κ3) is 4.49. The van der Waals surface area contributed by atoms with Crippen molar-refractivity contribution < 1.29 is 23.9 Å². The number of hydrogen-bond acceptors (Lipinski definition) is 9. The zero-order valence-electron chi connectivity index (χ0n) is 16.7. The highest BCUT2D eigenvalue weighted by atomic mass is 32.1. The summed E-state index contributed by atoms with van der Waals surface area (Å²) in [7, 11) is 0. The van der Waals surface area contributed by atoms with Crippen LogP contribution in [0.15, 0.2) is 30.0 Å². The highest BCUT2D eigenvalue weighted by Gasteiger charge is 2.20. The molecule has 3 aromatic heterocycles. The number of hydrogen-bond donors (Lipinski definition) is 2. The minimum atomic E-state index is -0.847. The first-order valence-corrected chi connectivity index (χ1v) is 10.5. The number of morpholine rings is 1. The summed E-state index contributed by atoms with van der Waals surface area (Å²) < 4.78 is 11.6. The Morgan fingerprint density at radius 3 is 2.81 bits per heavy atom. The number of thiophene rings is 1. The number of aromatic nitrogens is 3. The van der Waals surface area contributed by atoms with Gasteiger partial charge in [0.05, 0.1) is 37.1 Å². The van der Waals surface area contributed by atoms with E-state index in [-0.39, 0.29) is 17.7 Å². The number of alkyl carbamates (subject to hydrolysis) is 1. The second-order valence-corrected chi connectivity index (χ2v) is 7.45. The molecule has 4 rings (SSSR count). The maximum Gasteiger partial charge on any atom is 0.414 e. The van der Waals surface area contributed by atoms with Crippen molar-refractivity contribution in [1.29, 1.82) is 0 Å². The van der Waals surface area contributed by atoms with Crippen LogP contribution in [-0.2, 0) is 9.47 Å². The average Bonchev–Trinajstić information content (AvgIpc) is 3.41. The molecule has 12 heteroatoms. The molecule has 0 unspecified atom stereocenters. The van der Waals surface area contributed by atoms with Gasteiger partial charge >= 0.3 is 6.09 Å². The van der Waals surface area contributed by atoms with Crippen molar-refractivity contribution in [3.63, 3.8) is 0 Å². The Kier molecular flexibility index (Phi) is 6.09. The molecule has 0 saturated carbocycles. The molecule has 0 aromatic carbocycles. The topological polar surface area (TPSA) is 127 Å². The number of nitrogens with one attached hydrogen (secondary N) is 2. The number of rotatable bonds is 5. The number of carbonyl (C=O) groups excluding carboxylic acids is 3. The summed E-state index contributed by atoms with van der Waals surface area (Å²) >= 11 is 1.16. The van der Waals surface area contributed by atoms with Gasteiger partial charge in [-0.15, -0.1) is 11.3 Å². The lowest BCUT2D eigenvalue weighted by molar-refractivity contribution is 0.0926. The maximum absolute atomic E-state index is 12.7. The van der Waals surface area contributed by atoms with Crippen LogP contribution >= 0.6 is 11.3 Å². The molecule has 3 aromatic rings. The summed E-state index contributed by atoms with van der Waals surface area (Å²) in [5.41, 5.74) is 1.96. The lowest BCUT2D eigenvalue weighted by Crippen LogP contribution is -2.36. The number of nitrogens with zero attached hydrogens (tertiary/aromatic N) is 4. The quantitative estimate of drug-likeness (QED) is 0.610. The van der Waals surface area contributed by atoms with Crippen LogP contribution < -0.4 is 15.5 Å². The second kappa shape index (κ2) is 9.10. The fourth-order valence-corrected chi connectivity index (χ4v) is 3.87. The van der Waals surface area contributed by atoms with Crippen LogP contribution in [0, 0.1) is 0 Å². The monoisotopic (exact) mass is 444 g/mol. The van der Waals surface area contributed by atoms with E-state index in [1.165, 1.54) is 12.3 Å². The molecular formula is C19H20N6O5S. The first-order valence-electron chi connectivity index (χ1n) is 9.60. The van der Waals surface area contributed by atoms with E-state index in [1.807, 2.05) is 0 Å². The van der Waals surface area contributed by atoms with Crippen LogP contribution in [0.3, 0.4) is 0 Å². The smallest absolute Gasteiger partial charge is 0.414 e. The van der Waals surface area contributed by atoms with Crippen LogP contribution in [0.5, 0.6) is 0 Å². The van der Waals surface area contributed by atoms with Crippen molar-refractivity contribution >= 4 is 45.6 Å². The predicted molar refractivity (Wildman–Crippen MR) is 113 cm³/mol. The van der Waals surface area contributed by atoms with Crippen LogP contribution in [0.25, 0.3) is 5.65 Å². The average molecular weight is 444 g/mol. The molecular weight excluding hydrogens is 424 g/mol. The third-order valence-corrected chi connectivity index (χ3v) is 5.41. The van der Waals surface area contributed by atoms with E-state index in [0.717, 1.165) is 30.1 Å². The molecule has 31 heavy (non-hydrogen) atoms. The molecule has 1 fully saturated rings. The Bertz CT molecular complexity index is 1120. The number of carbonyl (C=O) groups is 3. The molecule has 1 aliphatic rings. The minimum Gasteiger partial charge on any atom is -0.450 e. The van der Waals surface area contributed by atoms with E-state index < -0.39 is 17.9 Å². The molecule has 0 radical (unpaired) electrons. The molecule has 1 aliphatic heterocycles. The minimum absolute atomic E-state index is 0.141. The van der Waals surface area contributed by atoms with Crippen molar-refractivity contribution in [2.45, 2.75) is 6.92 Å².